The van der Waals surface area contributed by atoms with Crippen LogP contribution >= 0.6 is 35.6 Å². The van der Waals surface area contributed by atoms with E-state index < -0.39 is 0 Å². The average Bonchev–Trinajstić information content (AvgIpc) is 3.13. The highest BCUT2D eigenvalue weighted by atomic mass is 35.5. The molecule has 2 aromatic heterocycles. The van der Waals surface area contributed by atoms with Crippen molar-refractivity contribution < 1.29 is 0 Å². The smallest absolute Gasteiger partial charge is 0.229 e. The lowest BCUT2D eigenvalue weighted by Gasteiger charge is -2.15. The summed E-state index contributed by atoms with van der Waals surface area (Å²) < 4.78 is 0. The quantitative estimate of drug-likeness (QED) is 0.167. The minimum Gasteiger partial charge on any atom is -0.348 e. The molecule has 32 heavy (non-hydrogen) atoms. The number of anilines is 2. The van der Waals surface area contributed by atoms with Crippen LogP contribution in [0.1, 0.15) is 22.8 Å². The van der Waals surface area contributed by atoms with Gasteiger partial charge in [0.25, 0.3) is 0 Å². The molecule has 0 unspecified atom stereocenters. The van der Waals surface area contributed by atoms with Crippen molar-refractivity contribution in [2.75, 3.05) is 22.9 Å². The molecule has 3 aromatic rings. The summed E-state index contributed by atoms with van der Waals surface area (Å²) in [5.41, 5.74) is 4.58. The first-order chi connectivity index (χ1) is 15.4. The van der Waals surface area contributed by atoms with Crippen LogP contribution in [-0.2, 0) is 5.75 Å². The highest BCUT2D eigenvalue weighted by Gasteiger charge is 2.08. The summed E-state index contributed by atoms with van der Waals surface area (Å²) in [6, 6.07) is 9.29. The number of H-pyrrole nitrogens is 1. The summed E-state index contributed by atoms with van der Waals surface area (Å²) in [4.78, 5) is 20.9. The van der Waals surface area contributed by atoms with Crippen LogP contribution in [0, 0.1) is 20.8 Å². The van der Waals surface area contributed by atoms with Gasteiger partial charge in [0, 0.05) is 28.6 Å². The zero-order valence-electron chi connectivity index (χ0n) is 18.1. The lowest BCUT2D eigenvalue weighted by molar-refractivity contribution is 1.05. The number of hydrogen-bond acceptors (Lipinski definition) is 6. The molecule has 3 rings (SSSR count). The van der Waals surface area contributed by atoms with E-state index >= 15 is 0 Å². The SMILES string of the molecule is Cc1cc(C)nc(NC(=NCCSCc2nc[nH]c2C)NC(=S)Nc2ccccc2Cl)n1. The Morgan fingerprint density at radius 1 is 1.16 bits per heavy atom. The number of rotatable bonds is 7. The Kier molecular flexibility index (Phi) is 8.83. The van der Waals surface area contributed by atoms with Gasteiger partial charge in [-0.25, -0.2) is 15.0 Å². The van der Waals surface area contributed by atoms with Gasteiger partial charge in [-0.2, -0.15) is 11.8 Å². The zero-order valence-corrected chi connectivity index (χ0v) is 20.5. The van der Waals surface area contributed by atoms with E-state index in [1.54, 1.807) is 24.2 Å². The van der Waals surface area contributed by atoms with Gasteiger partial charge in [0.1, 0.15) is 0 Å². The molecule has 0 atom stereocenters. The second-order valence-corrected chi connectivity index (χ2v) is 8.84. The molecule has 2 heterocycles. The maximum Gasteiger partial charge on any atom is 0.229 e. The average molecular weight is 489 g/mol. The number of aliphatic imine (C=N–C) groups is 1. The third-order valence-corrected chi connectivity index (χ3v) is 5.73. The van der Waals surface area contributed by atoms with E-state index in [2.05, 4.69) is 40.9 Å². The molecule has 0 fully saturated rings. The van der Waals surface area contributed by atoms with Crippen LogP contribution in [-0.4, -0.2) is 43.3 Å². The molecule has 0 saturated carbocycles. The van der Waals surface area contributed by atoms with Crippen LogP contribution in [0.5, 0.6) is 0 Å². The fourth-order valence-corrected chi connectivity index (χ4v) is 3.98. The van der Waals surface area contributed by atoms with E-state index in [1.807, 2.05) is 45.0 Å². The fourth-order valence-electron chi connectivity index (χ4n) is 2.75. The molecule has 4 N–H and O–H groups in total. The first kappa shape index (κ1) is 24.0. The number of para-hydroxylation sites is 1. The number of nitrogens with zero attached hydrogens (tertiary/aromatic N) is 4. The molecule has 11 heteroatoms. The van der Waals surface area contributed by atoms with Crippen molar-refractivity contribution in [3.8, 4) is 0 Å². The number of nitrogens with one attached hydrogen (secondary N) is 4. The molecule has 0 aliphatic carbocycles. The first-order valence-electron chi connectivity index (χ1n) is 9.93. The van der Waals surface area contributed by atoms with Crippen molar-refractivity contribution in [2.24, 2.45) is 4.99 Å². The third kappa shape index (κ3) is 7.47. The fraction of sp³-hybridized carbons (Fsp3) is 0.286. The van der Waals surface area contributed by atoms with E-state index in [0.717, 1.165) is 34.3 Å². The van der Waals surface area contributed by atoms with E-state index in [1.165, 1.54) is 0 Å². The molecule has 0 saturated heterocycles. The topological polar surface area (TPSA) is 103 Å². The van der Waals surface area contributed by atoms with Crippen LogP contribution in [0.25, 0.3) is 0 Å². The maximum atomic E-state index is 6.22. The van der Waals surface area contributed by atoms with Crippen molar-refractivity contribution >= 4 is 58.3 Å². The molecule has 1 aromatic carbocycles. The first-order valence-corrected chi connectivity index (χ1v) is 11.9. The Bertz CT molecular complexity index is 1080. The zero-order chi connectivity index (χ0) is 22.9. The van der Waals surface area contributed by atoms with Gasteiger partial charge in [-0.15, -0.1) is 0 Å². The summed E-state index contributed by atoms with van der Waals surface area (Å²) >= 11 is 13.4. The van der Waals surface area contributed by atoms with Crippen molar-refractivity contribution in [1.82, 2.24) is 25.3 Å². The molecule has 0 radical (unpaired) electrons. The second kappa shape index (κ2) is 11.8. The number of aromatic nitrogens is 4. The Balaban J connectivity index is 1.64. The van der Waals surface area contributed by atoms with Crippen LogP contribution in [0.3, 0.4) is 0 Å². The molecule has 8 nitrogen and oxygen atoms in total. The second-order valence-electron chi connectivity index (χ2n) is 6.92. The number of thiocarbonyl (C=S) groups is 1. The van der Waals surface area contributed by atoms with Gasteiger partial charge in [-0.1, -0.05) is 23.7 Å². The molecule has 0 bridgehead atoms. The van der Waals surface area contributed by atoms with Crippen LogP contribution < -0.4 is 16.0 Å². The standard InChI is InChI=1S/C21H25ClN8S2/c1-13-10-14(2)27-20(26-13)29-19(23-8-9-32-11-18-15(3)24-12-25-18)30-21(31)28-17-7-5-4-6-16(17)22/h4-7,10,12H,8-9,11H2,1-3H3,(H,24,25)(H3,23,26,27,28,29,30,31). The van der Waals surface area contributed by atoms with Crippen molar-refractivity contribution in [2.45, 2.75) is 26.5 Å². The summed E-state index contributed by atoms with van der Waals surface area (Å²) in [6.45, 7) is 6.43. The number of halogens is 1. The number of imidazole rings is 1. The molecule has 0 amide bonds. The molecule has 0 spiro atoms. The maximum absolute atomic E-state index is 6.22. The largest absolute Gasteiger partial charge is 0.348 e. The minimum absolute atomic E-state index is 0.355. The highest BCUT2D eigenvalue weighted by Crippen LogP contribution is 2.20. The number of thioether (sulfide) groups is 1. The number of guanidine groups is 1. The molecule has 0 aliphatic heterocycles. The van der Waals surface area contributed by atoms with Gasteiger partial charge in [0.05, 0.1) is 29.3 Å². The van der Waals surface area contributed by atoms with Crippen LogP contribution in [0.15, 0.2) is 41.7 Å². The molecule has 0 aliphatic rings. The Hall–Kier alpha value is -2.69. The summed E-state index contributed by atoms with van der Waals surface area (Å²) in [6.07, 6.45) is 1.71. The van der Waals surface area contributed by atoms with Crippen molar-refractivity contribution in [1.29, 1.82) is 0 Å². The van der Waals surface area contributed by atoms with E-state index in [4.69, 9.17) is 23.8 Å². The third-order valence-electron chi connectivity index (χ3n) is 4.25. The normalized spacial score (nSPS) is 11.3. The van der Waals surface area contributed by atoms with Gasteiger partial charge in [0.15, 0.2) is 5.11 Å². The Morgan fingerprint density at radius 3 is 2.59 bits per heavy atom. The van der Waals surface area contributed by atoms with Gasteiger partial charge in [-0.05, 0) is 51.2 Å². The minimum atomic E-state index is 0.355. The highest BCUT2D eigenvalue weighted by molar-refractivity contribution is 7.98. The predicted octanol–water partition coefficient (Wildman–Crippen LogP) is 4.47. The number of aromatic amines is 1. The van der Waals surface area contributed by atoms with Crippen molar-refractivity contribution in [3.63, 3.8) is 0 Å². The lowest BCUT2D eigenvalue weighted by Crippen LogP contribution is -2.39. The number of benzene rings is 1. The van der Waals surface area contributed by atoms with Gasteiger partial charge in [-0.3, -0.25) is 10.3 Å². The van der Waals surface area contributed by atoms with Gasteiger partial charge in [0.2, 0.25) is 11.9 Å². The summed E-state index contributed by atoms with van der Waals surface area (Å²) in [7, 11) is 0. The van der Waals surface area contributed by atoms with Crippen LogP contribution in [0.2, 0.25) is 5.02 Å². The summed E-state index contributed by atoms with van der Waals surface area (Å²) in [5, 5.41) is 10.2. The Labute approximate surface area is 202 Å². The summed E-state index contributed by atoms with van der Waals surface area (Å²) in [5.74, 6) is 2.55. The van der Waals surface area contributed by atoms with E-state index in [0.29, 0.717) is 34.3 Å². The molecular weight excluding hydrogens is 464 g/mol. The number of aryl methyl sites for hydroxylation is 3. The van der Waals surface area contributed by atoms with E-state index in [-0.39, 0.29) is 0 Å². The Morgan fingerprint density at radius 2 is 1.91 bits per heavy atom. The van der Waals surface area contributed by atoms with E-state index in [9.17, 15) is 0 Å². The lowest BCUT2D eigenvalue weighted by atomic mass is 10.3. The van der Waals surface area contributed by atoms with Crippen molar-refractivity contribution in [3.05, 3.63) is 64.5 Å². The van der Waals surface area contributed by atoms with Gasteiger partial charge < -0.3 is 15.6 Å². The van der Waals surface area contributed by atoms with Crippen LogP contribution in [0.4, 0.5) is 11.6 Å². The number of hydrogen-bond donors (Lipinski definition) is 4. The molecule has 168 valence electrons. The predicted molar refractivity (Wildman–Crippen MR) is 138 cm³/mol. The van der Waals surface area contributed by atoms with Gasteiger partial charge >= 0.3 is 0 Å². The molecular formula is C21H25ClN8S2. The monoisotopic (exact) mass is 488 g/mol.